The standard InChI is InChI=1S/C14H19N3O3/c1-15(2)8-3-9-16-13-6-5-12(17(19)20)10-11(13)4-7-14(16)18/h5-6,10H,3-4,7-9H2,1-2H3. The van der Waals surface area contributed by atoms with E-state index in [0.717, 1.165) is 24.2 Å². The molecule has 0 aliphatic carbocycles. The number of nitrogens with zero attached hydrogens (tertiary/aromatic N) is 3. The van der Waals surface area contributed by atoms with Crippen molar-refractivity contribution in [3.8, 4) is 0 Å². The first-order valence-corrected chi connectivity index (χ1v) is 6.71. The highest BCUT2D eigenvalue weighted by molar-refractivity contribution is 5.96. The Labute approximate surface area is 118 Å². The monoisotopic (exact) mass is 277 g/mol. The zero-order chi connectivity index (χ0) is 14.7. The first kappa shape index (κ1) is 14.5. The summed E-state index contributed by atoms with van der Waals surface area (Å²) in [7, 11) is 3.99. The predicted molar refractivity (Wildman–Crippen MR) is 76.9 cm³/mol. The highest BCUT2D eigenvalue weighted by atomic mass is 16.6. The van der Waals surface area contributed by atoms with Crippen LogP contribution in [0.4, 0.5) is 11.4 Å². The van der Waals surface area contributed by atoms with Gasteiger partial charge in [0.05, 0.1) is 4.92 Å². The highest BCUT2D eigenvalue weighted by Crippen LogP contribution is 2.31. The summed E-state index contributed by atoms with van der Waals surface area (Å²) < 4.78 is 0. The molecule has 1 heterocycles. The average molecular weight is 277 g/mol. The lowest BCUT2D eigenvalue weighted by molar-refractivity contribution is -0.384. The molecule has 2 rings (SSSR count). The Bertz CT molecular complexity index is 528. The van der Waals surface area contributed by atoms with E-state index in [0.29, 0.717) is 19.4 Å². The van der Waals surface area contributed by atoms with E-state index in [2.05, 4.69) is 4.90 Å². The van der Waals surface area contributed by atoms with Gasteiger partial charge in [-0.2, -0.15) is 0 Å². The number of amides is 1. The molecule has 0 fully saturated rings. The number of nitro groups is 1. The Hall–Kier alpha value is -1.95. The molecule has 6 nitrogen and oxygen atoms in total. The molecule has 1 aliphatic rings. The second-order valence-electron chi connectivity index (χ2n) is 5.27. The maximum absolute atomic E-state index is 12.0. The van der Waals surface area contributed by atoms with Crippen molar-refractivity contribution in [2.24, 2.45) is 0 Å². The minimum Gasteiger partial charge on any atom is -0.312 e. The SMILES string of the molecule is CN(C)CCCN1C(=O)CCc2cc([N+](=O)[O-])ccc21. The van der Waals surface area contributed by atoms with Gasteiger partial charge in [-0.3, -0.25) is 14.9 Å². The summed E-state index contributed by atoms with van der Waals surface area (Å²) >= 11 is 0. The van der Waals surface area contributed by atoms with E-state index in [4.69, 9.17) is 0 Å². The van der Waals surface area contributed by atoms with Crippen LogP contribution in [0.5, 0.6) is 0 Å². The molecule has 0 radical (unpaired) electrons. The number of aryl methyl sites for hydroxylation is 1. The van der Waals surface area contributed by atoms with Gasteiger partial charge in [0.1, 0.15) is 0 Å². The molecule has 0 N–H and O–H groups in total. The molecular formula is C14H19N3O3. The van der Waals surface area contributed by atoms with Gasteiger partial charge in [0.2, 0.25) is 5.91 Å². The van der Waals surface area contributed by atoms with Gasteiger partial charge in [-0.1, -0.05) is 0 Å². The normalized spacial score (nSPS) is 14.6. The summed E-state index contributed by atoms with van der Waals surface area (Å²) in [4.78, 5) is 26.3. The van der Waals surface area contributed by atoms with Crippen LogP contribution in [0, 0.1) is 10.1 Å². The van der Waals surface area contributed by atoms with E-state index >= 15 is 0 Å². The fraction of sp³-hybridized carbons (Fsp3) is 0.500. The number of hydrogen-bond donors (Lipinski definition) is 0. The Kier molecular flexibility index (Phi) is 4.34. The maximum Gasteiger partial charge on any atom is 0.269 e. The zero-order valence-electron chi connectivity index (χ0n) is 11.8. The topological polar surface area (TPSA) is 66.7 Å². The summed E-state index contributed by atoms with van der Waals surface area (Å²) in [5.74, 6) is 0.102. The first-order valence-electron chi connectivity index (χ1n) is 6.71. The van der Waals surface area contributed by atoms with E-state index in [-0.39, 0.29) is 11.6 Å². The quantitative estimate of drug-likeness (QED) is 0.608. The summed E-state index contributed by atoms with van der Waals surface area (Å²) in [6.07, 6.45) is 1.89. The number of fused-ring (bicyclic) bond motifs is 1. The van der Waals surface area contributed by atoms with Gasteiger partial charge in [0.25, 0.3) is 5.69 Å². The van der Waals surface area contributed by atoms with Crippen LogP contribution in [0.1, 0.15) is 18.4 Å². The minimum absolute atomic E-state index is 0.0892. The maximum atomic E-state index is 12.0. The summed E-state index contributed by atoms with van der Waals surface area (Å²) in [5.41, 5.74) is 1.81. The minimum atomic E-state index is -0.396. The fourth-order valence-electron chi connectivity index (χ4n) is 2.45. The predicted octanol–water partition coefficient (Wildman–Crippen LogP) is 1.83. The molecule has 0 unspecified atom stereocenters. The fourth-order valence-corrected chi connectivity index (χ4v) is 2.45. The number of carbonyl (C=O) groups excluding carboxylic acids is 1. The Morgan fingerprint density at radius 3 is 2.75 bits per heavy atom. The van der Waals surface area contributed by atoms with E-state index in [1.165, 1.54) is 6.07 Å². The molecule has 0 saturated heterocycles. The number of nitro benzene ring substituents is 1. The summed E-state index contributed by atoms with van der Waals surface area (Å²) in [6, 6.07) is 4.75. The number of benzene rings is 1. The number of rotatable bonds is 5. The number of hydrogen-bond acceptors (Lipinski definition) is 4. The van der Waals surface area contributed by atoms with Gasteiger partial charge >= 0.3 is 0 Å². The van der Waals surface area contributed by atoms with Crippen molar-refractivity contribution < 1.29 is 9.72 Å². The molecule has 0 bridgehead atoms. The van der Waals surface area contributed by atoms with Crippen molar-refractivity contribution in [1.29, 1.82) is 0 Å². The smallest absolute Gasteiger partial charge is 0.269 e. The Morgan fingerprint density at radius 2 is 2.10 bits per heavy atom. The first-order chi connectivity index (χ1) is 9.49. The molecule has 0 aromatic heterocycles. The molecule has 1 amide bonds. The molecule has 1 aromatic rings. The van der Waals surface area contributed by atoms with Crippen molar-refractivity contribution in [2.45, 2.75) is 19.3 Å². The van der Waals surface area contributed by atoms with Crippen LogP contribution < -0.4 is 4.90 Å². The lowest BCUT2D eigenvalue weighted by atomic mass is 10.00. The van der Waals surface area contributed by atoms with E-state index in [1.807, 2.05) is 14.1 Å². The van der Waals surface area contributed by atoms with Crippen LogP contribution in [-0.2, 0) is 11.2 Å². The zero-order valence-corrected chi connectivity index (χ0v) is 11.8. The lowest BCUT2D eigenvalue weighted by Crippen LogP contribution is -2.36. The largest absolute Gasteiger partial charge is 0.312 e. The Morgan fingerprint density at radius 1 is 1.35 bits per heavy atom. The second-order valence-corrected chi connectivity index (χ2v) is 5.27. The number of non-ortho nitro benzene ring substituents is 1. The van der Waals surface area contributed by atoms with Gasteiger partial charge in [-0.05, 0) is 45.1 Å². The molecule has 1 aliphatic heterocycles. The van der Waals surface area contributed by atoms with Crippen molar-refractivity contribution in [3.63, 3.8) is 0 Å². The number of anilines is 1. The van der Waals surface area contributed by atoms with Crippen LogP contribution in [0.25, 0.3) is 0 Å². The highest BCUT2D eigenvalue weighted by Gasteiger charge is 2.25. The van der Waals surface area contributed by atoms with Gasteiger partial charge in [0.15, 0.2) is 0 Å². The molecule has 0 saturated carbocycles. The van der Waals surface area contributed by atoms with Crippen molar-refractivity contribution >= 4 is 17.3 Å². The molecule has 20 heavy (non-hydrogen) atoms. The number of carbonyl (C=O) groups is 1. The molecule has 108 valence electrons. The third-order valence-electron chi connectivity index (χ3n) is 3.46. The third-order valence-corrected chi connectivity index (χ3v) is 3.46. The van der Waals surface area contributed by atoms with Crippen LogP contribution in [0.15, 0.2) is 18.2 Å². The van der Waals surface area contributed by atoms with E-state index < -0.39 is 4.92 Å². The van der Waals surface area contributed by atoms with Crippen LogP contribution >= 0.6 is 0 Å². The van der Waals surface area contributed by atoms with Crippen LogP contribution in [-0.4, -0.2) is 42.9 Å². The lowest BCUT2D eigenvalue weighted by Gasteiger charge is -2.29. The van der Waals surface area contributed by atoms with Crippen LogP contribution in [0.3, 0.4) is 0 Å². The molecular weight excluding hydrogens is 258 g/mol. The molecule has 1 aromatic carbocycles. The summed E-state index contributed by atoms with van der Waals surface area (Å²) in [5, 5.41) is 10.8. The van der Waals surface area contributed by atoms with Crippen LogP contribution in [0.2, 0.25) is 0 Å². The van der Waals surface area contributed by atoms with Crippen molar-refractivity contribution in [3.05, 3.63) is 33.9 Å². The Balaban J connectivity index is 2.18. The summed E-state index contributed by atoms with van der Waals surface area (Å²) in [6.45, 7) is 1.56. The van der Waals surface area contributed by atoms with Gasteiger partial charge < -0.3 is 9.80 Å². The molecule has 0 atom stereocenters. The van der Waals surface area contributed by atoms with E-state index in [9.17, 15) is 14.9 Å². The van der Waals surface area contributed by atoms with Crippen molar-refractivity contribution in [2.75, 3.05) is 32.1 Å². The van der Waals surface area contributed by atoms with Gasteiger partial charge in [0, 0.05) is 30.8 Å². The van der Waals surface area contributed by atoms with Gasteiger partial charge in [-0.15, -0.1) is 0 Å². The average Bonchev–Trinajstić information content (AvgIpc) is 2.40. The second kappa shape index (κ2) is 6.00. The molecule has 0 spiro atoms. The van der Waals surface area contributed by atoms with Gasteiger partial charge in [-0.25, -0.2) is 0 Å². The molecule has 6 heteroatoms. The van der Waals surface area contributed by atoms with E-state index in [1.54, 1.807) is 17.0 Å². The van der Waals surface area contributed by atoms with Crippen molar-refractivity contribution in [1.82, 2.24) is 4.90 Å². The third kappa shape index (κ3) is 3.14.